The molecular weight excluding hydrogens is 321 g/mol. The molecule has 0 bridgehead atoms. The molecule has 1 heterocycles. The zero-order valence-electron chi connectivity index (χ0n) is 11.7. The fourth-order valence-corrected chi connectivity index (χ4v) is 2.60. The summed E-state index contributed by atoms with van der Waals surface area (Å²) < 4.78 is 14.0. The minimum atomic E-state index is -1.04. The minimum Gasteiger partial charge on any atom is -0.507 e. The first kappa shape index (κ1) is 15.2. The molecular formula is C17H11ClFNO3. The summed E-state index contributed by atoms with van der Waals surface area (Å²) in [6.07, 6.45) is 0. The summed E-state index contributed by atoms with van der Waals surface area (Å²) in [5.74, 6) is -2.72. The fraction of sp³-hybridized carbons (Fsp3) is 0.0588. The molecule has 0 spiro atoms. The number of hydrogen-bond acceptors (Lipinski definition) is 3. The van der Waals surface area contributed by atoms with Crippen LogP contribution in [0, 0.1) is 5.82 Å². The Hall–Kier alpha value is -2.66. The second kappa shape index (κ2) is 5.85. The smallest absolute Gasteiger partial charge is 0.293 e. The summed E-state index contributed by atoms with van der Waals surface area (Å²) in [5.41, 5.74) is 0.250. The van der Waals surface area contributed by atoms with Gasteiger partial charge in [-0.1, -0.05) is 29.8 Å². The van der Waals surface area contributed by atoms with Crippen LogP contribution in [0.3, 0.4) is 0 Å². The van der Waals surface area contributed by atoms with Crippen molar-refractivity contribution in [2.75, 3.05) is 0 Å². The molecule has 0 aliphatic carbocycles. The molecule has 116 valence electrons. The predicted molar refractivity (Wildman–Crippen MR) is 83.3 cm³/mol. The number of benzene rings is 2. The number of nitrogens with one attached hydrogen (secondary N) is 1. The van der Waals surface area contributed by atoms with Gasteiger partial charge in [-0.3, -0.25) is 9.59 Å². The minimum absolute atomic E-state index is 0.113. The van der Waals surface area contributed by atoms with Crippen molar-refractivity contribution in [3.05, 3.63) is 76.1 Å². The van der Waals surface area contributed by atoms with Crippen LogP contribution in [0.25, 0.3) is 5.76 Å². The van der Waals surface area contributed by atoms with E-state index in [1.165, 1.54) is 30.3 Å². The van der Waals surface area contributed by atoms with Crippen molar-refractivity contribution in [2.24, 2.45) is 0 Å². The molecule has 2 aromatic carbocycles. The summed E-state index contributed by atoms with van der Waals surface area (Å²) in [4.78, 5) is 23.8. The van der Waals surface area contributed by atoms with E-state index in [-0.39, 0.29) is 16.9 Å². The third-order valence-corrected chi connectivity index (χ3v) is 3.86. The molecule has 1 aliphatic heterocycles. The van der Waals surface area contributed by atoms with E-state index in [1.54, 1.807) is 18.2 Å². The van der Waals surface area contributed by atoms with Gasteiger partial charge in [-0.2, -0.15) is 0 Å². The highest BCUT2D eigenvalue weighted by molar-refractivity contribution is 6.46. The third-order valence-electron chi connectivity index (χ3n) is 3.60. The molecule has 1 amide bonds. The molecule has 0 saturated carbocycles. The maximum Gasteiger partial charge on any atom is 0.293 e. The van der Waals surface area contributed by atoms with Crippen molar-refractivity contribution >= 4 is 29.1 Å². The predicted octanol–water partition coefficient (Wildman–Crippen LogP) is 3.19. The molecule has 0 radical (unpaired) electrons. The average molecular weight is 332 g/mol. The highest BCUT2D eigenvalue weighted by Crippen LogP contribution is 2.34. The maximum absolute atomic E-state index is 14.0. The Kier molecular flexibility index (Phi) is 3.88. The van der Waals surface area contributed by atoms with E-state index in [2.05, 4.69) is 5.32 Å². The lowest BCUT2D eigenvalue weighted by molar-refractivity contribution is -0.133. The second-order valence-electron chi connectivity index (χ2n) is 5.03. The zero-order chi connectivity index (χ0) is 16.6. The topological polar surface area (TPSA) is 66.4 Å². The number of aliphatic hydroxyl groups is 1. The van der Waals surface area contributed by atoms with Crippen LogP contribution < -0.4 is 5.32 Å². The van der Waals surface area contributed by atoms with Crippen LogP contribution in [0.1, 0.15) is 17.2 Å². The van der Waals surface area contributed by atoms with Crippen LogP contribution in [0.2, 0.25) is 5.02 Å². The monoisotopic (exact) mass is 331 g/mol. The van der Waals surface area contributed by atoms with Gasteiger partial charge < -0.3 is 10.4 Å². The maximum atomic E-state index is 14.0. The summed E-state index contributed by atoms with van der Waals surface area (Å²) >= 11 is 5.79. The number of carbonyl (C=O) groups is 2. The van der Waals surface area contributed by atoms with Gasteiger partial charge in [0.15, 0.2) is 0 Å². The normalized spacial score (nSPS) is 19.7. The molecule has 23 heavy (non-hydrogen) atoms. The molecule has 2 N–H and O–H groups in total. The molecule has 4 nitrogen and oxygen atoms in total. The summed E-state index contributed by atoms with van der Waals surface area (Å²) in [5, 5.41) is 13.3. The first-order chi connectivity index (χ1) is 11.0. The van der Waals surface area contributed by atoms with E-state index in [0.29, 0.717) is 10.6 Å². The Labute approximate surface area is 136 Å². The van der Waals surface area contributed by atoms with Crippen molar-refractivity contribution in [3.8, 4) is 0 Å². The molecule has 0 unspecified atom stereocenters. The number of amides is 1. The Balaban J connectivity index is 2.15. The summed E-state index contributed by atoms with van der Waals surface area (Å²) in [6.45, 7) is 0. The van der Waals surface area contributed by atoms with Gasteiger partial charge in [-0.05, 0) is 30.3 Å². The Morgan fingerprint density at radius 2 is 1.74 bits per heavy atom. The number of ketones is 1. The number of halogens is 2. The molecule has 6 heteroatoms. The fourth-order valence-electron chi connectivity index (χ4n) is 2.47. The molecule has 2 aromatic rings. The largest absolute Gasteiger partial charge is 0.507 e. The molecule has 0 aromatic heterocycles. The number of Topliss-reactive ketones (excluding diaryl/α,β-unsaturated/α-hetero) is 1. The van der Waals surface area contributed by atoms with Crippen molar-refractivity contribution in [2.45, 2.75) is 6.04 Å². The van der Waals surface area contributed by atoms with Crippen LogP contribution >= 0.6 is 11.6 Å². The highest BCUT2D eigenvalue weighted by Gasteiger charge is 2.40. The second-order valence-corrected chi connectivity index (χ2v) is 5.46. The molecule has 1 aliphatic rings. The van der Waals surface area contributed by atoms with Gasteiger partial charge in [-0.15, -0.1) is 0 Å². The molecule has 1 fully saturated rings. The Bertz CT molecular complexity index is 830. The van der Waals surface area contributed by atoms with E-state index < -0.39 is 23.5 Å². The number of carbonyl (C=O) groups excluding carboxylic acids is 2. The van der Waals surface area contributed by atoms with Crippen molar-refractivity contribution in [3.63, 3.8) is 0 Å². The van der Waals surface area contributed by atoms with E-state index in [4.69, 9.17) is 11.6 Å². The van der Waals surface area contributed by atoms with Gasteiger partial charge >= 0.3 is 0 Å². The van der Waals surface area contributed by atoms with Crippen LogP contribution in [0.5, 0.6) is 0 Å². The van der Waals surface area contributed by atoms with Gasteiger partial charge in [0.05, 0.1) is 11.6 Å². The number of rotatable bonds is 2. The zero-order valence-corrected chi connectivity index (χ0v) is 12.5. The number of hydrogen-bond donors (Lipinski definition) is 2. The quantitative estimate of drug-likeness (QED) is 0.504. The van der Waals surface area contributed by atoms with Crippen LogP contribution in [0.15, 0.2) is 54.1 Å². The average Bonchev–Trinajstić information content (AvgIpc) is 2.83. The first-order valence-electron chi connectivity index (χ1n) is 6.77. The lowest BCUT2D eigenvalue weighted by atomic mass is 9.95. The van der Waals surface area contributed by atoms with Crippen LogP contribution in [-0.4, -0.2) is 16.8 Å². The van der Waals surface area contributed by atoms with Crippen LogP contribution in [-0.2, 0) is 9.59 Å². The third kappa shape index (κ3) is 2.71. The first-order valence-corrected chi connectivity index (χ1v) is 7.15. The summed E-state index contributed by atoms with van der Waals surface area (Å²) in [6, 6.07) is 10.8. The van der Waals surface area contributed by atoms with Gasteiger partial charge in [0.1, 0.15) is 11.6 Å². The van der Waals surface area contributed by atoms with Gasteiger partial charge in [-0.25, -0.2) is 4.39 Å². The van der Waals surface area contributed by atoms with Crippen molar-refractivity contribution in [1.29, 1.82) is 0 Å². The highest BCUT2D eigenvalue weighted by atomic mass is 35.5. The lowest BCUT2D eigenvalue weighted by Gasteiger charge is -2.14. The van der Waals surface area contributed by atoms with Gasteiger partial charge in [0.2, 0.25) is 0 Å². The van der Waals surface area contributed by atoms with Crippen LogP contribution in [0.4, 0.5) is 4.39 Å². The molecule has 1 saturated heterocycles. The molecule has 3 rings (SSSR count). The van der Waals surface area contributed by atoms with E-state index in [1.807, 2.05) is 0 Å². The standard InChI is InChI=1S/C17H11ClFNO3/c18-10-7-5-9(6-8-10)15(21)13-14(20-17(23)16(13)22)11-3-1-2-4-12(11)19/h1-8,14,21H,(H,20,23)/t14-/m1/s1. The van der Waals surface area contributed by atoms with Crippen molar-refractivity contribution in [1.82, 2.24) is 5.32 Å². The van der Waals surface area contributed by atoms with E-state index in [9.17, 15) is 19.1 Å². The SMILES string of the molecule is O=C1N[C@H](c2ccccc2F)C(=C(O)c2ccc(Cl)cc2)C1=O. The Morgan fingerprint density at radius 1 is 1.09 bits per heavy atom. The molecule has 1 atom stereocenters. The summed E-state index contributed by atoms with van der Waals surface area (Å²) in [7, 11) is 0. The number of aliphatic hydroxyl groups excluding tert-OH is 1. The van der Waals surface area contributed by atoms with Gasteiger partial charge in [0.25, 0.3) is 11.7 Å². The Morgan fingerprint density at radius 3 is 2.39 bits per heavy atom. The van der Waals surface area contributed by atoms with E-state index in [0.717, 1.165) is 0 Å². The van der Waals surface area contributed by atoms with Crippen molar-refractivity contribution < 1.29 is 19.1 Å². The van der Waals surface area contributed by atoms with E-state index >= 15 is 0 Å². The van der Waals surface area contributed by atoms with Gasteiger partial charge in [0, 0.05) is 16.1 Å². The lowest BCUT2D eigenvalue weighted by Crippen LogP contribution is -2.21.